The number of amides is 4. The largest absolute Gasteiger partial charge is 0.542 e. The number of benzene rings is 2. The first-order valence-electron chi connectivity index (χ1n) is 15.8. The number of likely N-dealkylation sites (tertiary alicyclic amines) is 1. The molecular weight excluding hydrogens is 631 g/mol. The fraction of sp³-hybridized carbons (Fsp3) is 0.471. The second kappa shape index (κ2) is 16.5. The standard InChI is InChI=1S/C32H43N5O4.C2HF3O2/c1-4-17-37(20-24-7-8-24)18-5-6-27(21-37)36(29(30(33)39)19-23-9-15-28(38)16-10-23)32(41)35-26-13-11-25(12-14-26)31(40)34-22(2)3;3-2(4,5)1(6)7/h4,9-16,22,24,27,29H,1,5-8,17-21H2,2-3H3,(H4-,33,34,35,38,39,40,41);(H,6,7)/t27-,29+,37?;/m1./s1. The monoisotopic (exact) mass is 675 g/mol. The van der Waals surface area contributed by atoms with Gasteiger partial charge in [-0.25, -0.2) is 4.79 Å². The minimum absolute atomic E-state index is 0.0109. The molecule has 2 fully saturated rings. The van der Waals surface area contributed by atoms with Crippen molar-refractivity contribution in [2.24, 2.45) is 11.7 Å². The molecule has 1 aliphatic carbocycles. The van der Waals surface area contributed by atoms with E-state index in [4.69, 9.17) is 15.6 Å². The third-order valence-electron chi connectivity index (χ3n) is 8.33. The van der Waals surface area contributed by atoms with Gasteiger partial charge < -0.3 is 40.8 Å². The number of carboxylic acids is 1. The molecule has 0 radical (unpaired) electrons. The number of rotatable bonds is 12. The Morgan fingerprint density at radius 2 is 1.69 bits per heavy atom. The van der Waals surface area contributed by atoms with E-state index in [-0.39, 0.29) is 30.2 Å². The molecule has 1 unspecified atom stereocenters. The summed E-state index contributed by atoms with van der Waals surface area (Å²) in [4.78, 5) is 49.8. The van der Waals surface area contributed by atoms with Crippen molar-refractivity contribution in [1.29, 1.82) is 0 Å². The van der Waals surface area contributed by atoms with Crippen LogP contribution in [0.2, 0.25) is 0 Å². The average Bonchev–Trinajstić information content (AvgIpc) is 3.81. The number of phenolic OH excluding ortho intramolecular Hbond substituents is 1. The Kier molecular flexibility index (Phi) is 13.0. The number of carbonyl (C=O) groups is 4. The summed E-state index contributed by atoms with van der Waals surface area (Å²) < 4.78 is 32.4. The summed E-state index contributed by atoms with van der Waals surface area (Å²) in [5.41, 5.74) is 7.80. The zero-order valence-electron chi connectivity index (χ0n) is 27.2. The first kappa shape index (κ1) is 37.9. The van der Waals surface area contributed by atoms with Gasteiger partial charge in [0.05, 0.1) is 32.2 Å². The fourth-order valence-corrected chi connectivity index (χ4v) is 6.04. The van der Waals surface area contributed by atoms with Crippen molar-refractivity contribution in [2.45, 2.75) is 70.3 Å². The highest BCUT2D eigenvalue weighted by atomic mass is 19.4. The maximum Gasteiger partial charge on any atom is 0.430 e. The van der Waals surface area contributed by atoms with Crippen LogP contribution in [0.3, 0.4) is 0 Å². The van der Waals surface area contributed by atoms with Crippen LogP contribution in [0, 0.1) is 5.92 Å². The van der Waals surface area contributed by atoms with Crippen LogP contribution in [0.4, 0.5) is 23.7 Å². The zero-order valence-corrected chi connectivity index (χ0v) is 27.2. The van der Waals surface area contributed by atoms with Gasteiger partial charge in [-0.05, 0) is 87.6 Å². The normalized spacial score (nSPS) is 19.7. The summed E-state index contributed by atoms with van der Waals surface area (Å²) in [5, 5.41) is 24.4. The van der Waals surface area contributed by atoms with Gasteiger partial charge >= 0.3 is 12.2 Å². The van der Waals surface area contributed by atoms with Crippen LogP contribution in [-0.4, -0.2) is 88.8 Å². The molecule has 1 heterocycles. The number of primary amides is 1. The van der Waals surface area contributed by atoms with Crippen molar-refractivity contribution in [3.05, 3.63) is 72.3 Å². The number of anilines is 1. The number of carbonyl (C=O) groups excluding carboxylic acids is 4. The van der Waals surface area contributed by atoms with Crippen molar-refractivity contribution in [1.82, 2.24) is 10.2 Å². The number of aliphatic carboxylic acids is 1. The topological polar surface area (TPSA) is 165 Å². The number of hydrogen-bond donors (Lipinski definition) is 4. The summed E-state index contributed by atoms with van der Waals surface area (Å²) >= 11 is 0. The van der Waals surface area contributed by atoms with Crippen LogP contribution < -0.4 is 21.5 Å². The molecule has 2 aromatic carbocycles. The highest BCUT2D eigenvalue weighted by molar-refractivity contribution is 5.96. The first-order valence-corrected chi connectivity index (χ1v) is 15.8. The highest BCUT2D eigenvalue weighted by Crippen LogP contribution is 2.35. The number of nitrogens with two attached hydrogens (primary N) is 1. The minimum atomic E-state index is -5.19. The van der Waals surface area contributed by atoms with Crippen molar-refractivity contribution in [3.8, 4) is 5.75 Å². The summed E-state index contributed by atoms with van der Waals surface area (Å²) in [6.07, 6.45) is 1.18. The van der Waals surface area contributed by atoms with Crippen LogP contribution in [0.25, 0.3) is 0 Å². The number of hydrogen-bond acceptors (Lipinski definition) is 6. The number of quaternary nitrogens is 1. The van der Waals surface area contributed by atoms with Gasteiger partial charge in [-0.2, -0.15) is 13.2 Å². The smallest absolute Gasteiger partial charge is 0.430 e. The molecule has 2 aromatic rings. The van der Waals surface area contributed by atoms with Crippen LogP contribution in [0.1, 0.15) is 55.5 Å². The maximum absolute atomic E-state index is 14.0. The van der Waals surface area contributed by atoms with Gasteiger partial charge in [-0.3, -0.25) is 9.59 Å². The number of nitrogens with one attached hydrogen (secondary N) is 2. The van der Waals surface area contributed by atoms with Gasteiger partial charge in [0.25, 0.3) is 5.91 Å². The van der Waals surface area contributed by atoms with E-state index in [1.54, 1.807) is 53.4 Å². The van der Waals surface area contributed by atoms with Gasteiger partial charge in [-0.1, -0.05) is 18.7 Å². The van der Waals surface area contributed by atoms with Gasteiger partial charge in [0.1, 0.15) is 17.8 Å². The molecule has 11 nitrogen and oxygen atoms in total. The Labute approximate surface area is 278 Å². The molecule has 14 heteroatoms. The van der Waals surface area contributed by atoms with Crippen molar-refractivity contribution in [2.75, 3.05) is 31.5 Å². The summed E-state index contributed by atoms with van der Waals surface area (Å²) in [7, 11) is 0. The van der Waals surface area contributed by atoms with Crippen molar-refractivity contribution >= 4 is 29.5 Å². The predicted octanol–water partition coefficient (Wildman–Crippen LogP) is 3.33. The van der Waals surface area contributed by atoms with Gasteiger partial charge in [-0.15, -0.1) is 0 Å². The Balaban J connectivity index is 0.000000804. The minimum Gasteiger partial charge on any atom is -0.542 e. The predicted molar refractivity (Wildman–Crippen MR) is 171 cm³/mol. The number of phenols is 1. The van der Waals surface area contributed by atoms with Crippen LogP contribution in [-0.2, 0) is 16.0 Å². The van der Waals surface area contributed by atoms with Gasteiger partial charge in [0.15, 0.2) is 0 Å². The van der Waals surface area contributed by atoms with Crippen molar-refractivity contribution in [3.63, 3.8) is 0 Å². The zero-order chi connectivity index (χ0) is 35.6. The lowest BCUT2D eigenvalue weighted by molar-refractivity contribution is -0.930. The molecule has 1 saturated carbocycles. The van der Waals surface area contributed by atoms with E-state index < -0.39 is 30.1 Å². The van der Waals surface area contributed by atoms with E-state index in [0.717, 1.165) is 49.1 Å². The molecule has 5 N–H and O–H groups in total. The second-order valence-corrected chi connectivity index (χ2v) is 12.8. The molecule has 2 aliphatic rings. The Morgan fingerprint density at radius 1 is 1.08 bits per heavy atom. The lowest BCUT2D eigenvalue weighted by atomic mass is 9.96. The quantitative estimate of drug-likeness (QED) is 0.199. The molecule has 1 saturated heterocycles. The Bertz CT molecular complexity index is 1430. The third kappa shape index (κ3) is 11.3. The van der Waals surface area contributed by atoms with E-state index in [0.29, 0.717) is 17.2 Å². The number of carboxylic acid groups (broad SMARTS) is 1. The number of urea groups is 1. The Hall–Kier alpha value is -4.59. The summed E-state index contributed by atoms with van der Waals surface area (Å²) in [5.74, 6) is -2.94. The molecule has 0 bridgehead atoms. The molecule has 1 aliphatic heterocycles. The van der Waals surface area contributed by atoms with E-state index >= 15 is 0 Å². The molecule has 262 valence electrons. The number of nitrogens with zero attached hydrogens (tertiary/aromatic N) is 2. The summed E-state index contributed by atoms with van der Waals surface area (Å²) in [6, 6.07) is 11.9. The van der Waals surface area contributed by atoms with Crippen LogP contribution >= 0.6 is 0 Å². The fourth-order valence-electron chi connectivity index (χ4n) is 6.04. The maximum atomic E-state index is 14.0. The van der Waals surface area contributed by atoms with E-state index in [9.17, 15) is 32.7 Å². The van der Waals surface area contributed by atoms with E-state index in [1.807, 2.05) is 19.9 Å². The van der Waals surface area contributed by atoms with Crippen LogP contribution in [0.15, 0.2) is 61.2 Å². The van der Waals surface area contributed by atoms with Gasteiger partial charge in [0, 0.05) is 29.6 Å². The third-order valence-corrected chi connectivity index (χ3v) is 8.33. The second-order valence-electron chi connectivity index (χ2n) is 12.8. The van der Waals surface area contributed by atoms with Crippen molar-refractivity contribution < 1.29 is 47.0 Å². The molecule has 0 aromatic heterocycles. The molecular formula is C34H44F3N5O6. The number of alkyl halides is 3. The molecule has 4 amide bonds. The number of aromatic hydroxyl groups is 1. The molecule has 4 rings (SSSR count). The van der Waals surface area contributed by atoms with E-state index in [2.05, 4.69) is 17.2 Å². The number of piperidine rings is 1. The first-order chi connectivity index (χ1) is 22.5. The molecule has 0 spiro atoms. The lowest BCUT2D eigenvalue weighted by Gasteiger charge is -2.48. The SMILES string of the molecule is C=CC[N+]1(CC2CC2)CCC[C@@H](N(C(=O)Nc2ccc(C(=O)NC(C)C)cc2)[C@@H](Cc2ccc(O)cc2)C(N)=O)C1.O=C([O-])C(F)(F)F. The lowest BCUT2D eigenvalue weighted by Crippen LogP contribution is -2.64. The van der Waals surface area contributed by atoms with Gasteiger partial charge in [0.2, 0.25) is 5.91 Å². The molecule has 3 atom stereocenters. The van der Waals surface area contributed by atoms with Crippen LogP contribution in [0.5, 0.6) is 5.75 Å². The summed E-state index contributed by atoms with van der Waals surface area (Å²) in [6.45, 7) is 11.4. The Morgan fingerprint density at radius 3 is 2.19 bits per heavy atom. The highest BCUT2D eigenvalue weighted by Gasteiger charge is 2.44. The average molecular weight is 676 g/mol. The van der Waals surface area contributed by atoms with E-state index in [1.165, 1.54) is 12.8 Å². The number of halogens is 3. The molecule has 48 heavy (non-hydrogen) atoms.